The molecule has 0 amide bonds. The van der Waals surface area contributed by atoms with Crippen molar-refractivity contribution in [3.63, 3.8) is 0 Å². The van der Waals surface area contributed by atoms with Crippen LogP contribution in [0.2, 0.25) is 5.02 Å². The topological polar surface area (TPSA) is 48.0 Å². The molecule has 0 saturated heterocycles. The Kier molecular flexibility index (Phi) is 4.80. The Hall–Kier alpha value is -1.78. The number of benzene rings is 1. The predicted octanol–water partition coefficient (Wildman–Crippen LogP) is 2.55. The molecule has 3 rings (SSSR count). The van der Waals surface area contributed by atoms with E-state index in [1.54, 1.807) is 19.5 Å². The molecule has 0 spiro atoms. The fourth-order valence-electron chi connectivity index (χ4n) is 2.30. The van der Waals surface area contributed by atoms with Gasteiger partial charge >= 0.3 is 0 Å². The summed E-state index contributed by atoms with van der Waals surface area (Å²) in [6, 6.07) is 8.59. The Bertz CT molecular complexity index is 630. The second-order valence-corrected chi connectivity index (χ2v) is 5.94. The van der Waals surface area contributed by atoms with Crippen LogP contribution in [0.15, 0.2) is 36.7 Å². The zero-order valence-electron chi connectivity index (χ0n) is 12.6. The average Bonchev–Trinajstić information content (AvgIpc) is 3.36. The summed E-state index contributed by atoms with van der Waals surface area (Å²) in [5, 5.41) is 2.93. The molecule has 0 bridgehead atoms. The van der Waals surface area contributed by atoms with E-state index in [1.807, 2.05) is 24.3 Å². The zero-order chi connectivity index (χ0) is 15.4. The van der Waals surface area contributed by atoms with Crippen molar-refractivity contribution in [3.8, 4) is 11.5 Å². The molecule has 1 fully saturated rings. The minimum Gasteiger partial charge on any atom is -0.493 e. The van der Waals surface area contributed by atoms with Gasteiger partial charge in [0.25, 0.3) is 0 Å². The third-order valence-electron chi connectivity index (χ3n) is 3.70. The van der Waals surface area contributed by atoms with Crippen LogP contribution in [0.1, 0.15) is 24.0 Å². The van der Waals surface area contributed by atoms with Gasteiger partial charge in [-0.1, -0.05) is 17.7 Å². The molecular weight excluding hydrogens is 300 g/mol. The molecule has 116 valence electrons. The highest BCUT2D eigenvalue weighted by Gasteiger charge is 2.25. The van der Waals surface area contributed by atoms with Crippen LogP contribution in [-0.2, 0) is 13.2 Å². The summed E-state index contributed by atoms with van der Waals surface area (Å²) in [7, 11) is 1.64. The van der Waals surface area contributed by atoms with Gasteiger partial charge in [-0.05, 0) is 18.2 Å². The van der Waals surface area contributed by atoms with Gasteiger partial charge in [0, 0.05) is 36.4 Å². The third kappa shape index (κ3) is 3.90. The maximum atomic E-state index is 6.38. The van der Waals surface area contributed by atoms with E-state index in [0.717, 1.165) is 23.7 Å². The number of ether oxygens (including phenoxy) is 2. The monoisotopic (exact) mass is 319 g/mol. The number of rotatable bonds is 7. The van der Waals surface area contributed by atoms with Gasteiger partial charge in [-0.15, -0.1) is 0 Å². The van der Waals surface area contributed by atoms with Crippen molar-refractivity contribution in [2.75, 3.05) is 7.11 Å². The standard InChI is InChI=1S/C17H19ClN2O2/c1-21-16-8-13(10-20-14-4-5-14)7-15(18)17(16)22-11-12-3-2-6-19-9-12/h2-3,6-9,14,20H,4-5,10-11H2,1H3/p+1. The molecule has 0 aliphatic heterocycles. The Balaban J connectivity index is 1.71. The average molecular weight is 320 g/mol. The van der Waals surface area contributed by atoms with E-state index in [1.165, 1.54) is 12.8 Å². The van der Waals surface area contributed by atoms with Crippen LogP contribution < -0.4 is 14.8 Å². The first-order valence-corrected chi connectivity index (χ1v) is 7.85. The third-order valence-corrected chi connectivity index (χ3v) is 3.98. The number of nitrogens with two attached hydrogens (primary N) is 1. The van der Waals surface area contributed by atoms with E-state index in [0.29, 0.717) is 23.1 Å². The summed E-state index contributed by atoms with van der Waals surface area (Å²) < 4.78 is 11.3. The molecule has 0 unspecified atom stereocenters. The lowest BCUT2D eigenvalue weighted by molar-refractivity contribution is -0.683. The number of methoxy groups -OCH3 is 1. The zero-order valence-corrected chi connectivity index (χ0v) is 13.3. The summed E-state index contributed by atoms with van der Waals surface area (Å²) in [6.45, 7) is 1.33. The van der Waals surface area contributed by atoms with Gasteiger partial charge in [-0.2, -0.15) is 0 Å². The number of nitrogens with zero attached hydrogens (tertiary/aromatic N) is 1. The largest absolute Gasteiger partial charge is 0.493 e. The molecule has 2 N–H and O–H groups in total. The molecule has 0 radical (unpaired) electrons. The lowest BCUT2D eigenvalue weighted by atomic mass is 10.2. The highest BCUT2D eigenvalue weighted by molar-refractivity contribution is 6.32. The number of hydrogen-bond acceptors (Lipinski definition) is 3. The van der Waals surface area contributed by atoms with Crippen molar-refractivity contribution < 1.29 is 14.8 Å². The molecule has 22 heavy (non-hydrogen) atoms. The minimum absolute atomic E-state index is 0.414. The van der Waals surface area contributed by atoms with E-state index in [-0.39, 0.29) is 0 Å². The van der Waals surface area contributed by atoms with Crippen molar-refractivity contribution in [2.45, 2.75) is 32.0 Å². The lowest BCUT2D eigenvalue weighted by Gasteiger charge is -2.14. The Morgan fingerprint density at radius 3 is 2.86 bits per heavy atom. The van der Waals surface area contributed by atoms with Crippen LogP contribution in [0.4, 0.5) is 0 Å². The molecule has 1 aromatic carbocycles. The molecule has 5 heteroatoms. The maximum Gasteiger partial charge on any atom is 0.180 e. The first-order chi connectivity index (χ1) is 10.8. The highest BCUT2D eigenvalue weighted by Crippen LogP contribution is 2.36. The number of aromatic nitrogens is 1. The first kappa shape index (κ1) is 15.1. The SMILES string of the molecule is COc1cc(C[NH2+]C2CC2)cc(Cl)c1OCc1cccnc1. The van der Waals surface area contributed by atoms with Gasteiger partial charge in [0.15, 0.2) is 11.5 Å². The van der Waals surface area contributed by atoms with E-state index in [9.17, 15) is 0 Å². The highest BCUT2D eigenvalue weighted by atomic mass is 35.5. The van der Waals surface area contributed by atoms with E-state index < -0.39 is 0 Å². The molecule has 1 saturated carbocycles. The van der Waals surface area contributed by atoms with Gasteiger partial charge in [0.2, 0.25) is 0 Å². The minimum atomic E-state index is 0.414. The van der Waals surface area contributed by atoms with Crippen molar-refractivity contribution in [2.24, 2.45) is 0 Å². The molecular formula is C17H20ClN2O2+. The van der Waals surface area contributed by atoms with Crippen molar-refractivity contribution in [1.29, 1.82) is 0 Å². The van der Waals surface area contributed by atoms with E-state index in [2.05, 4.69) is 10.3 Å². The Morgan fingerprint density at radius 2 is 2.18 bits per heavy atom. The van der Waals surface area contributed by atoms with Crippen molar-refractivity contribution >= 4 is 11.6 Å². The molecule has 1 aromatic heterocycles. The quantitative estimate of drug-likeness (QED) is 0.853. The van der Waals surface area contributed by atoms with Crippen LogP contribution in [0.5, 0.6) is 11.5 Å². The number of pyridine rings is 1. The van der Waals surface area contributed by atoms with Crippen molar-refractivity contribution in [1.82, 2.24) is 4.98 Å². The summed E-state index contributed by atoms with van der Waals surface area (Å²) in [5.41, 5.74) is 2.15. The van der Waals surface area contributed by atoms with Crippen LogP contribution in [-0.4, -0.2) is 18.1 Å². The Morgan fingerprint density at radius 1 is 1.32 bits per heavy atom. The van der Waals surface area contributed by atoms with Crippen LogP contribution in [0, 0.1) is 0 Å². The second-order valence-electron chi connectivity index (χ2n) is 5.54. The number of hydrogen-bond donors (Lipinski definition) is 1. The van der Waals surface area contributed by atoms with Gasteiger partial charge in [0.1, 0.15) is 13.2 Å². The fourth-order valence-corrected chi connectivity index (χ4v) is 2.59. The summed E-state index contributed by atoms with van der Waals surface area (Å²) >= 11 is 6.38. The van der Waals surface area contributed by atoms with E-state index in [4.69, 9.17) is 21.1 Å². The summed E-state index contributed by atoms with van der Waals surface area (Å²) in [6.07, 6.45) is 6.15. The van der Waals surface area contributed by atoms with E-state index >= 15 is 0 Å². The van der Waals surface area contributed by atoms with Gasteiger partial charge in [0.05, 0.1) is 18.2 Å². The number of halogens is 1. The van der Waals surface area contributed by atoms with Gasteiger partial charge < -0.3 is 14.8 Å². The molecule has 1 aliphatic carbocycles. The Labute approximate surface area is 135 Å². The smallest absolute Gasteiger partial charge is 0.180 e. The summed E-state index contributed by atoms with van der Waals surface area (Å²) in [5.74, 6) is 1.26. The van der Waals surface area contributed by atoms with Crippen LogP contribution in [0.3, 0.4) is 0 Å². The molecule has 1 heterocycles. The molecule has 2 aromatic rings. The molecule has 4 nitrogen and oxygen atoms in total. The normalized spacial score (nSPS) is 13.9. The van der Waals surface area contributed by atoms with Crippen LogP contribution >= 0.6 is 11.6 Å². The predicted molar refractivity (Wildman–Crippen MR) is 85.2 cm³/mol. The molecule has 0 atom stereocenters. The van der Waals surface area contributed by atoms with Gasteiger partial charge in [-0.3, -0.25) is 4.98 Å². The molecule has 1 aliphatic rings. The van der Waals surface area contributed by atoms with Crippen molar-refractivity contribution in [3.05, 3.63) is 52.8 Å². The van der Waals surface area contributed by atoms with Crippen LogP contribution in [0.25, 0.3) is 0 Å². The van der Waals surface area contributed by atoms with Gasteiger partial charge in [-0.25, -0.2) is 0 Å². The summed E-state index contributed by atoms with van der Waals surface area (Å²) in [4.78, 5) is 4.07. The maximum absolute atomic E-state index is 6.38. The fraction of sp³-hybridized carbons (Fsp3) is 0.353. The first-order valence-electron chi connectivity index (χ1n) is 7.47. The lowest BCUT2D eigenvalue weighted by Crippen LogP contribution is -2.84. The number of quaternary nitrogens is 1. The second kappa shape index (κ2) is 6.99.